The number of aliphatic hydroxyl groups excluding tert-OH is 1. The summed E-state index contributed by atoms with van der Waals surface area (Å²) in [6.07, 6.45) is 3.36. The van der Waals surface area contributed by atoms with E-state index in [9.17, 15) is 19.5 Å². The Hall–Kier alpha value is -4.44. The summed E-state index contributed by atoms with van der Waals surface area (Å²) < 4.78 is 16.2. The van der Waals surface area contributed by atoms with Gasteiger partial charge in [-0.25, -0.2) is 9.78 Å². The van der Waals surface area contributed by atoms with Crippen LogP contribution in [-0.2, 0) is 14.3 Å². The molecule has 2 aromatic carbocycles. The van der Waals surface area contributed by atoms with Crippen LogP contribution in [0.3, 0.4) is 0 Å². The molecule has 3 aromatic rings. The lowest BCUT2D eigenvalue weighted by Gasteiger charge is -2.23. The third kappa shape index (κ3) is 5.76. The van der Waals surface area contributed by atoms with Gasteiger partial charge in [0.05, 0.1) is 31.0 Å². The van der Waals surface area contributed by atoms with Crippen LogP contribution in [0.2, 0.25) is 0 Å². The van der Waals surface area contributed by atoms with Gasteiger partial charge in [0.1, 0.15) is 28.7 Å². The number of hydrogen-bond acceptors (Lipinski definition) is 9. The Balaban J connectivity index is 1.81. The molecule has 0 bridgehead atoms. The zero-order chi connectivity index (χ0) is 28.8. The Morgan fingerprint density at radius 3 is 2.60 bits per heavy atom. The highest BCUT2D eigenvalue weighted by Crippen LogP contribution is 2.44. The third-order valence-electron chi connectivity index (χ3n) is 6.26. The Labute approximate surface area is 236 Å². The molecule has 9 nitrogen and oxygen atoms in total. The van der Waals surface area contributed by atoms with Crippen molar-refractivity contribution in [2.45, 2.75) is 32.7 Å². The fraction of sp³-hybridized carbons (Fsp3) is 0.267. The monoisotopic (exact) mass is 562 g/mol. The van der Waals surface area contributed by atoms with E-state index in [1.807, 2.05) is 0 Å². The predicted octanol–water partition coefficient (Wildman–Crippen LogP) is 5.61. The highest BCUT2D eigenvalue weighted by molar-refractivity contribution is 7.17. The number of ether oxygens (including phenoxy) is 3. The minimum atomic E-state index is -1.03. The molecule has 1 fully saturated rings. The van der Waals surface area contributed by atoms with E-state index in [0.29, 0.717) is 34.9 Å². The Morgan fingerprint density at radius 2 is 1.93 bits per heavy atom. The number of Topliss-reactive ketones (excluding diaryl/α,β-unsaturated/α-hetero) is 1. The number of unbranched alkanes of at least 4 members (excludes halogenated alkanes) is 1. The molecular formula is C30H30N2O7S. The van der Waals surface area contributed by atoms with E-state index < -0.39 is 23.7 Å². The van der Waals surface area contributed by atoms with Crippen LogP contribution in [-0.4, -0.2) is 48.1 Å². The highest BCUT2D eigenvalue weighted by Gasteiger charge is 2.48. The van der Waals surface area contributed by atoms with Crippen LogP contribution in [0.1, 0.15) is 52.3 Å². The minimum absolute atomic E-state index is 0.0161. The average Bonchev–Trinajstić information content (AvgIpc) is 3.48. The maximum atomic E-state index is 13.5. The second kappa shape index (κ2) is 12.6. The van der Waals surface area contributed by atoms with Crippen molar-refractivity contribution in [2.75, 3.05) is 25.2 Å². The number of aliphatic hydroxyl groups is 1. The standard InChI is InChI=1S/C30H30N2O7S/c1-5-7-16-38-21-13-11-19(12-14-21)25(33)23-24(20-9-8-10-22(17-20)37-4)32(28(35)26(23)34)30-31-18(3)27(40-30)29(36)39-15-6-2/h6,8-14,17,24,33H,2,5,7,15-16H2,1,3-4H3/t24-/m1/s1. The summed E-state index contributed by atoms with van der Waals surface area (Å²) in [6.45, 7) is 7.81. The van der Waals surface area contributed by atoms with Crippen LogP contribution in [0.4, 0.5) is 5.13 Å². The van der Waals surface area contributed by atoms with Crippen LogP contribution >= 0.6 is 11.3 Å². The summed E-state index contributed by atoms with van der Waals surface area (Å²) in [7, 11) is 1.51. The second-order valence-electron chi connectivity index (χ2n) is 8.97. The Bertz CT molecular complexity index is 1460. The van der Waals surface area contributed by atoms with Gasteiger partial charge in [0.2, 0.25) is 0 Å². The van der Waals surface area contributed by atoms with Crippen molar-refractivity contribution >= 4 is 39.9 Å². The number of hydrogen-bond donors (Lipinski definition) is 1. The molecule has 1 atom stereocenters. The number of methoxy groups -OCH3 is 1. The van der Waals surface area contributed by atoms with E-state index in [0.717, 1.165) is 24.2 Å². The fourth-order valence-corrected chi connectivity index (χ4v) is 5.22. The van der Waals surface area contributed by atoms with Gasteiger partial charge in [0.15, 0.2) is 5.13 Å². The van der Waals surface area contributed by atoms with Gasteiger partial charge in [-0.15, -0.1) is 0 Å². The van der Waals surface area contributed by atoms with Gasteiger partial charge >= 0.3 is 11.9 Å². The van der Waals surface area contributed by atoms with E-state index >= 15 is 0 Å². The topological polar surface area (TPSA) is 115 Å². The van der Waals surface area contributed by atoms with Crippen molar-refractivity contribution in [1.82, 2.24) is 4.98 Å². The first-order valence-electron chi connectivity index (χ1n) is 12.7. The number of thiazole rings is 1. The number of benzene rings is 2. The molecule has 1 N–H and O–H groups in total. The smallest absolute Gasteiger partial charge is 0.350 e. The molecule has 2 heterocycles. The van der Waals surface area contributed by atoms with Crippen molar-refractivity contribution in [3.05, 3.63) is 88.5 Å². The molecule has 1 saturated heterocycles. The molecule has 4 rings (SSSR count). The molecule has 0 aliphatic carbocycles. The van der Waals surface area contributed by atoms with Crippen LogP contribution in [0.5, 0.6) is 11.5 Å². The van der Waals surface area contributed by atoms with Crippen molar-refractivity contribution < 1.29 is 33.7 Å². The van der Waals surface area contributed by atoms with Gasteiger partial charge in [0, 0.05) is 5.56 Å². The number of carbonyl (C=O) groups is 3. The zero-order valence-corrected chi connectivity index (χ0v) is 23.3. The lowest BCUT2D eigenvalue weighted by Crippen LogP contribution is -2.29. The number of rotatable bonds is 11. The van der Waals surface area contributed by atoms with Crippen molar-refractivity contribution in [1.29, 1.82) is 0 Å². The lowest BCUT2D eigenvalue weighted by atomic mass is 9.95. The highest BCUT2D eigenvalue weighted by atomic mass is 32.1. The fourth-order valence-electron chi connectivity index (χ4n) is 4.23. The largest absolute Gasteiger partial charge is 0.507 e. The molecule has 1 aliphatic heterocycles. The van der Waals surface area contributed by atoms with Crippen LogP contribution in [0.15, 0.2) is 66.8 Å². The number of carbonyl (C=O) groups excluding carboxylic acids is 3. The van der Waals surface area contributed by atoms with E-state index in [1.165, 1.54) is 18.1 Å². The lowest BCUT2D eigenvalue weighted by molar-refractivity contribution is -0.132. The molecule has 40 heavy (non-hydrogen) atoms. The molecule has 1 amide bonds. The van der Waals surface area contributed by atoms with Gasteiger partial charge in [-0.1, -0.05) is 49.5 Å². The van der Waals surface area contributed by atoms with E-state index in [2.05, 4.69) is 18.5 Å². The van der Waals surface area contributed by atoms with E-state index in [-0.39, 0.29) is 27.9 Å². The SMILES string of the molecule is C=CCOC(=O)c1sc(N2C(=O)C(=O)C(=C(O)c3ccc(OCCCC)cc3)[C@H]2c2cccc(OC)c2)nc1C. The van der Waals surface area contributed by atoms with Gasteiger partial charge in [0.25, 0.3) is 5.78 Å². The number of ketones is 1. The van der Waals surface area contributed by atoms with Crippen LogP contribution in [0.25, 0.3) is 5.76 Å². The predicted molar refractivity (Wildman–Crippen MR) is 152 cm³/mol. The second-order valence-corrected chi connectivity index (χ2v) is 9.95. The number of esters is 1. The first-order chi connectivity index (χ1) is 19.3. The minimum Gasteiger partial charge on any atom is -0.507 e. The quantitative estimate of drug-likeness (QED) is 0.0801. The van der Waals surface area contributed by atoms with Crippen LogP contribution < -0.4 is 14.4 Å². The summed E-state index contributed by atoms with van der Waals surface area (Å²) in [5.74, 6) is -1.58. The summed E-state index contributed by atoms with van der Waals surface area (Å²) in [5, 5.41) is 11.5. The zero-order valence-electron chi connectivity index (χ0n) is 22.5. The summed E-state index contributed by atoms with van der Waals surface area (Å²) >= 11 is 0.931. The molecule has 0 radical (unpaired) electrons. The van der Waals surface area contributed by atoms with Crippen molar-refractivity contribution in [3.63, 3.8) is 0 Å². The number of anilines is 1. The van der Waals surface area contributed by atoms with Crippen molar-refractivity contribution in [2.24, 2.45) is 0 Å². The first-order valence-corrected chi connectivity index (χ1v) is 13.6. The third-order valence-corrected chi connectivity index (χ3v) is 7.39. The maximum absolute atomic E-state index is 13.5. The molecule has 10 heteroatoms. The summed E-state index contributed by atoms with van der Waals surface area (Å²) in [6, 6.07) is 12.5. The summed E-state index contributed by atoms with van der Waals surface area (Å²) in [5.41, 5.74) is 1.10. The van der Waals surface area contributed by atoms with Gasteiger partial charge in [-0.2, -0.15) is 0 Å². The number of amides is 1. The first kappa shape index (κ1) is 28.6. The molecule has 0 spiro atoms. The number of nitrogens with zero attached hydrogens (tertiary/aromatic N) is 2. The molecule has 208 valence electrons. The molecule has 1 aliphatic rings. The molecule has 0 unspecified atom stereocenters. The Morgan fingerprint density at radius 1 is 1.18 bits per heavy atom. The van der Waals surface area contributed by atoms with Crippen LogP contribution in [0, 0.1) is 6.92 Å². The van der Waals surface area contributed by atoms with E-state index in [1.54, 1.807) is 55.5 Å². The van der Waals surface area contributed by atoms with Gasteiger partial charge in [-0.3, -0.25) is 14.5 Å². The van der Waals surface area contributed by atoms with E-state index in [4.69, 9.17) is 14.2 Å². The van der Waals surface area contributed by atoms with Gasteiger partial charge < -0.3 is 19.3 Å². The maximum Gasteiger partial charge on any atom is 0.350 e. The normalized spacial score (nSPS) is 16.2. The summed E-state index contributed by atoms with van der Waals surface area (Å²) in [4.78, 5) is 45.3. The average molecular weight is 563 g/mol. The Kier molecular flexibility index (Phi) is 9.00. The number of aryl methyl sites for hydroxylation is 1. The number of aromatic nitrogens is 1. The van der Waals surface area contributed by atoms with Crippen molar-refractivity contribution in [3.8, 4) is 11.5 Å². The molecule has 1 aromatic heterocycles. The van der Waals surface area contributed by atoms with Gasteiger partial charge in [-0.05, 0) is 55.3 Å². The molecular weight excluding hydrogens is 532 g/mol. The molecule has 0 saturated carbocycles.